The van der Waals surface area contributed by atoms with Crippen molar-refractivity contribution in [1.29, 1.82) is 0 Å². The molecule has 0 aliphatic carbocycles. The van der Waals surface area contributed by atoms with E-state index in [1.54, 1.807) is 6.07 Å². The lowest BCUT2D eigenvalue weighted by atomic mass is 10.1. The van der Waals surface area contributed by atoms with E-state index in [2.05, 4.69) is 0 Å². The highest BCUT2D eigenvalue weighted by Gasteiger charge is 2.33. The fourth-order valence-corrected chi connectivity index (χ4v) is 4.69. The van der Waals surface area contributed by atoms with Crippen molar-refractivity contribution >= 4 is 15.9 Å². The molecule has 0 bridgehead atoms. The lowest BCUT2D eigenvalue weighted by Gasteiger charge is -2.34. The van der Waals surface area contributed by atoms with Crippen molar-refractivity contribution < 1.29 is 31.5 Å². The fourth-order valence-electron chi connectivity index (χ4n) is 3.10. The molecule has 0 atom stereocenters. The van der Waals surface area contributed by atoms with Gasteiger partial charge in [0.2, 0.25) is 10.0 Å². The average Bonchev–Trinajstić information content (AvgIpc) is 2.74. The molecule has 0 radical (unpaired) electrons. The number of amides is 1. The molecule has 1 heterocycles. The Bertz CT molecular complexity index is 1020. The normalized spacial score (nSPS) is 15.2. The zero-order chi connectivity index (χ0) is 21.2. The Kier molecular flexibility index (Phi) is 6.04. The largest absolute Gasteiger partial charge is 0.497 e. The van der Waals surface area contributed by atoms with Gasteiger partial charge in [-0.15, -0.1) is 0 Å². The standard InChI is InChI=1S/C19H20F2N2O5S/c1-27-13-6-7-16(28-2)17(12-13)29(25,26)23-10-8-22(9-11-23)19(24)14-4-3-5-15(20)18(14)21/h3-7,12H,8-11H2,1-2H3. The van der Waals surface area contributed by atoms with Crippen LogP contribution in [0.3, 0.4) is 0 Å². The van der Waals surface area contributed by atoms with E-state index in [9.17, 15) is 22.0 Å². The molecule has 0 saturated carbocycles. The van der Waals surface area contributed by atoms with E-state index in [4.69, 9.17) is 9.47 Å². The number of hydrogen-bond donors (Lipinski definition) is 0. The summed E-state index contributed by atoms with van der Waals surface area (Å²) in [6.45, 7) is 0.0946. The molecule has 0 aromatic heterocycles. The van der Waals surface area contributed by atoms with Crippen LogP contribution in [0.4, 0.5) is 8.78 Å². The van der Waals surface area contributed by atoms with E-state index in [0.717, 1.165) is 6.07 Å². The molecule has 29 heavy (non-hydrogen) atoms. The minimum Gasteiger partial charge on any atom is -0.497 e. The summed E-state index contributed by atoms with van der Waals surface area (Å²) in [6, 6.07) is 7.83. The van der Waals surface area contributed by atoms with Crippen LogP contribution in [0, 0.1) is 11.6 Å². The molecule has 1 fully saturated rings. The van der Waals surface area contributed by atoms with Crippen LogP contribution in [-0.4, -0.2) is 63.9 Å². The van der Waals surface area contributed by atoms with E-state index >= 15 is 0 Å². The average molecular weight is 426 g/mol. The van der Waals surface area contributed by atoms with Crippen molar-refractivity contribution in [2.24, 2.45) is 0 Å². The number of rotatable bonds is 5. The maximum atomic E-state index is 13.9. The van der Waals surface area contributed by atoms with Gasteiger partial charge < -0.3 is 14.4 Å². The van der Waals surface area contributed by atoms with Crippen molar-refractivity contribution in [3.63, 3.8) is 0 Å². The zero-order valence-electron chi connectivity index (χ0n) is 15.9. The van der Waals surface area contributed by atoms with Crippen LogP contribution in [0.1, 0.15) is 10.4 Å². The smallest absolute Gasteiger partial charge is 0.257 e. The van der Waals surface area contributed by atoms with Gasteiger partial charge in [0.15, 0.2) is 11.6 Å². The second kappa shape index (κ2) is 8.34. The van der Waals surface area contributed by atoms with Gasteiger partial charge >= 0.3 is 0 Å². The Hall–Kier alpha value is -2.72. The first-order chi connectivity index (χ1) is 13.8. The molecule has 10 heteroatoms. The maximum Gasteiger partial charge on any atom is 0.257 e. The van der Waals surface area contributed by atoms with Gasteiger partial charge in [-0.25, -0.2) is 17.2 Å². The van der Waals surface area contributed by atoms with Gasteiger partial charge in [-0.05, 0) is 24.3 Å². The van der Waals surface area contributed by atoms with Crippen LogP contribution in [0.25, 0.3) is 0 Å². The molecule has 2 aromatic rings. The second-order valence-corrected chi connectivity index (χ2v) is 8.22. The van der Waals surface area contributed by atoms with Gasteiger partial charge in [0.25, 0.3) is 5.91 Å². The van der Waals surface area contributed by atoms with E-state index in [1.165, 1.54) is 47.7 Å². The van der Waals surface area contributed by atoms with Crippen LogP contribution in [0.2, 0.25) is 0 Å². The lowest BCUT2D eigenvalue weighted by molar-refractivity contribution is 0.0692. The SMILES string of the molecule is COc1ccc(OC)c(S(=O)(=O)N2CCN(C(=O)c3cccc(F)c3F)CC2)c1. The maximum absolute atomic E-state index is 13.9. The molecule has 0 unspecified atom stereocenters. The minimum absolute atomic E-state index is 0.00533. The first-order valence-corrected chi connectivity index (χ1v) is 10.2. The van der Waals surface area contributed by atoms with Gasteiger partial charge in [0, 0.05) is 32.2 Å². The third-order valence-corrected chi connectivity index (χ3v) is 6.62. The monoisotopic (exact) mass is 426 g/mol. The van der Waals surface area contributed by atoms with Crippen molar-refractivity contribution in [2.75, 3.05) is 40.4 Å². The van der Waals surface area contributed by atoms with Crippen LogP contribution in [-0.2, 0) is 10.0 Å². The van der Waals surface area contributed by atoms with E-state index < -0.39 is 27.6 Å². The van der Waals surface area contributed by atoms with Crippen LogP contribution < -0.4 is 9.47 Å². The summed E-state index contributed by atoms with van der Waals surface area (Å²) in [7, 11) is -1.12. The summed E-state index contributed by atoms with van der Waals surface area (Å²) in [5.74, 6) is -2.47. The molecule has 1 saturated heterocycles. The Morgan fingerprint density at radius 1 is 1.00 bits per heavy atom. The van der Waals surface area contributed by atoms with Crippen molar-refractivity contribution in [3.05, 3.63) is 53.6 Å². The highest BCUT2D eigenvalue weighted by atomic mass is 32.2. The minimum atomic E-state index is -3.91. The van der Waals surface area contributed by atoms with Gasteiger partial charge in [-0.3, -0.25) is 4.79 Å². The summed E-state index contributed by atoms with van der Waals surface area (Å²) in [4.78, 5) is 13.8. The zero-order valence-corrected chi connectivity index (χ0v) is 16.7. The van der Waals surface area contributed by atoms with Gasteiger partial charge in [0.1, 0.15) is 16.4 Å². The molecular formula is C19H20F2N2O5S. The van der Waals surface area contributed by atoms with Crippen molar-refractivity contribution in [1.82, 2.24) is 9.21 Å². The molecule has 1 aliphatic heterocycles. The Morgan fingerprint density at radius 3 is 2.31 bits per heavy atom. The van der Waals surface area contributed by atoms with Crippen LogP contribution in [0.15, 0.2) is 41.3 Å². The number of ether oxygens (including phenoxy) is 2. The quantitative estimate of drug-likeness (QED) is 0.732. The number of methoxy groups -OCH3 is 2. The number of benzene rings is 2. The topological polar surface area (TPSA) is 76.2 Å². The molecule has 0 N–H and O–H groups in total. The predicted molar refractivity (Wildman–Crippen MR) is 101 cm³/mol. The number of sulfonamides is 1. The van der Waals surface area contributed by atoms with Crippen LogP contribution >= 0.6 is 0 Å². The second-order valence-electron chi connectivity index (χ2n) is 6.31. The molecule has 1 aliphatic rings. The lowest BCUT2D eigenvalue weighted by Crippen LogP contribution is -2.50. The summed E-state index contributed by atoms with van der Waals surface area (Å²) in [5.41, 5.74) is -0.379. The van der Waals surface area contributed by atoms with E-state index in [0.29, 0.717) is 5.75 Å². The van der Waals surface area contributed by atoms with E-state index in [-0.39, 0.29) is 42.4 Å². The molecule has 7 nitrogen and oxygen atoms in total. The number of halogens is 2. The number of piperazine rings is 1. The number of hydrogen-bond acceptors (Lipinski definition) is 5. The molecule has 156 valence electrons. The Labute approximate surface area is 167 Å². The molecule has 0 spiro atoms. The molecule has 3 rings (SSSR count). The van der Waals surface area contributed by atoms with Crippen LogP contribution in [0.5, 0.6) is 11.5 Å². The summed E-state index contributed by atoms with van der Waals surface area (Å²) < 4.78 is 64.9. The Balaban J connectivity index is 1.78. The third-order valence-electron chi connectivity index (χ3n) is 4.70. The first-order valence-electron chi connectivity index (χ1n) is 8.75. The Morgan fingerprint density at radius 2 is 1.69 bits per heavy atom. The number of carbonyl (C=O) groups is 1. The van der Waals surface area contributed by atoms with Gasteiger partial charge in [-0.1, -0.05) is 6.07 Å². The summed E-state index contributed by atoms with van der Waals surface area (Å²) in [6.07, 6.45) is 0. The molecule has 1 amide bonds. The first kappa shape index (κ1) is 21.0. The number of nitrogens with zero attached hydrogens (tertiary/aromatic N) is 2. The third kappa shape index (κ3) is 4.03. The van der Waals surface area contributed by atoms with Gasteiger partial charge in [0.05, 0.1) is 19.8 Å². The molecular weight excluding hydrogens is 406 g/mol. The fraction of sp³-hybridized carbons (Fsp3) is 0.316. The highest BCUT2D eigenvalue weighted by molar-refractivity contribution is 7.89. The van der Waals surface area contributed by atoms with Crippen molar-refractivity contribution in [3.8, 4) is 11.5 Å². The number of carbonyl (C=O) groups excluding carboxylic acids is 1. The highest BCUT2D eigenvalue weighted by Crippen LogP contribution is 2.31. The van der Waals surface area contributed by atoms with Gasteiger partial charge in [-0.2, -0.15) is 4.31 Å². The summed E-state index contributed by atoms with van der Waals surface area (Å²) in [5, 5.41) is 0. The summed E-state index contributed by atoms with van der Waals surface area (Å²) >= 11 is 0. The van der Waals surface area contributed by atoms with E-state index in [1.807, 2.05) is 0 Å². The van der Waals surface area contributed by atoms with Crippen molar-refractivity contribution in [2.45, 2.75) is 4.90 Å². The predicted octanol–water partition coefficient (Wildman–Crippen LogP) is 2.13. The molecule has 2 aromatic carbocycles.